The highest BCUT2D eigenvalue weighted by atomic mass is 16.5. The lowest BCUT2D eigenvalue weighted by Gasteiger charge is -2.13. The summed E-state index contributed by atoms with van der Waals surface area (Å²) in [6.07, 6.45) is 0. The Morgan fingerprint density at radius 2 is 1.42 bits per heavy atom. The molecular formula is C21H20N2O3. The van der Waals surface area contributed by atoms with Crippen molar-refractivity contribution in [2.75, 3.05) is 10.6 Å². The molecule has 0 atom stereocenters. The van der Waals surface area contributed by atoms with Crippen LogP contribution in [0.4, 0.5) is 16.2 Å². The van der Waals surface area contributed by atoms with Crippen molar-refractivity contribution in [3.05, 3.63) is 77.9 Å². The van der Waals surface area contributed by atoms with Crippen LogP contribution in [0.3, 0.4) is 0 Å². The molecule has 0 saturated heterocycles. The molecule has 0 heterocycles. The monoisotopic (exact) mass is 348 g/mol. The molecule has 0 aliphatic heterocycles. The number of phenolic OH excluding ortho intramolecular Hbond substituents is 1. The van der Waals surface area contributed by atoms with Crippen molar-refractivity contribution in [1.29, 1.82) is 0 Å². The molecule has 3 aromatic rings. The van der Waals surface area contributed by atoms with Crippen molar-refractivity contribution < 1.29 is 14.6 Å². The van der Waals surface area contributed by atoms with Gasteiger partial charge in [-0.15, -0.1) is 0 Å². The van der Waals surface area contributed by atoms with E-state index in [2.05, 4.69) is 10.6 Å². The van der Waals surface area contributed by atoms with Gasteiger partial charge in [0.25, 0.3) is 0 Å². The summed E-state index contributed by atoms with van der Waals surface area (Å²) < 4.78 is 5.99. The van der Waals surface area contributed by atoms with E-state index in [0.717, 1.165) is 16.9 Å². The normalized spacial score (nSPS) is 10.2. The summed E-state index contributed by atoms with van der Waals surface area (Å²) in [4.78, 5) is 12.1. The molecule has 132 valence electrons. The number of hydrogen-bond acceptors (Lipinski definition) is 3. The summed E-state index contributed by atoms with van der Waals surface area (Å²) in [5.41, 5.74) is 3.20. The molecule has 0 bridgehead atoms. The second-order valence-electron chi connectivity index (χ2n) is 5.98. The Morgan fingerprint density at radius 1 is 0.846 bits per heavy atom. The van der Waals surface area contributed by atoms with Crippen LogP contribution in [0.15, 0.2) is 66.7 Å². The van der Waals surface area contributed by atoms with Crippen LogP contribution >= 0.6 is 0 Å². The van der Waals surface area contributed by atoms with Crippen molar-refractivity contribution in [3.63, 3.8) is 0 Å². The average molecular weight is 348 g/mol. The van der Waals surface area contributed by atoms with Crippen molar-refractivity contribution in [2.45, 2.75) is 13.8 Å². The molecule has 0 radical (unpaired) electrons. The zero-order chi connectivity index (χ0) is 18.5. The number of carbonyl (C=O) groups is 1. The second-order valence-corrected chi connectivity index (χ2v) is 5.98. The molecule has 2 amide bonds. The van der Waals surface area contributed by atoms with Gasteiger partial charge in [0, 0.05) is 23.5 Å². The van der Waals surface area contributed by atoms with Gasteiger partial charge in [0.2, 0.25) is 0 Å². The van der Waals surface area contributed by atoms with Gasteiger partial charge in [-0.25, -0.2) is 4.79 Å². The molecule has 0 saturated carbocycles. The molecule has 0 unspecified atom stereocenters. The SMILES string of the molecule is Cc1cccc(C)c1Oc1cccc(NC(=O)Nc2cccc(O)c2)c1. The number of amides is 2. The van der Waals surface area contributed by atoms with E-state index in [1.54, 1.807) is 24.3 Å². The Kier molecular flexibility index (Phi) is 5.08. The highest BCUT2D eigenvalue weighted by Gasteiger charge is 2.07. The predicted octanol–water partition coefficient (Wildman–Crippen LogP) is 5.45. The Bertz CT molecular complexity index is 918. The minimum Gasteiger partial charge on any atom is -0.508 e. The van der Waals surface area contributed by atoms with Crippen LogP contribution in [0.2, 0.25) is 0 Å². The number of aromatic hydroxyl groups is 1. The smallest absolute Gasteiger partial charge is 0.323 e. The number of anilines is 2. The highest BCUT2D eigenvalue weighted by Crippen LogP contribution is 2.29. The van der Waals surface area contributed by atoms with E-state index < -0.39 is 6.03 Å². The summed E-state index contributed by atoms with van der Waals surface area (Å²) >= 11 is 0. The maximum Gasteiger partial charge on any atom is 0.323 e. The maximum absolute atomic E-state index is 12.1. The number of ether oxygens (including phenoxy) is 1. The summed E-state index contributed by atoms with van der Waals surface area (Å²) in [6, 6.07) is 19.1. The largest absolute Gasteiger partial charge is 0.508 e. The van der Waals surface area contributed by atoms with Gasteiger partial charge in [0.1, 0.15) is 17.2 Å². The molecule has 5 nitrogen and oxygen atoms in total. The Hall–Kier alpha value is -3.47. The number of benzene rings is 3. The standard InChI is InChI=1S/C21H20N2O3/c1-14-6-3-7-15(2)20(14)26-19-11-5-9-17(13-19)23-21(25)22-16-8-4-10-18(24)12-16/h3-13,24H,1-2H3,(H2,22,23,25). The number of rotatable bonds is 4. The van der Waals surface area contributed by atoms with Crippen LogP contribution in [0.5, 0.6) is 17.2 Å². The van der Waals surface area contributed by atoms with Crippen molar-refractivity contribution >= 4 is 17.4 Å². The van der Waals surface area contributed by atoms with Crippen molar-refractivity contribution in [2.24, 2.45) is 0 Å². The molecule has 0 spiro atoms. The van der Waals surface area contributed by atoms with Crippen LogP contribution in [0.1, 0.15) is 11.1 Å². The van der Waals surface area contributed by atoms with E-state index in [9.17, 15) is 9.90 Å². The maximum atomic E-state index is 12.1. The van der Waals surface area contributed by atoms with Gasteiger partial charge < -0.3 is 20.5 Å². The minimum absolute atomic E-state index is 0.0896. The zero-order valence-electron chi connectivity index (χ0n) is 14.6. The topological polar surface area (TPSA) is 70.6 Å². The van der Waals surface area contributed by atoms with Gasteiger partial charge in [0.15, 0.2) is 0 Å². The van der Waals surface area contributed by atoms with E-state index in [1.165, 1.54) is 12.1 Å². The van der Waals surface area contributed by atoms with E-state index in [0.29, 0.717) is 17.1 Å². The lowest BCUT2D eigenvalue weighted by atomic mass is 10.1. The first-order valence-corrected chi connectivity index (χ1v) is 8.22. The molecule has 3 aromatic carbocycles. The quantitative estimate of drug-likeness (QED) is 0.587. The van der Waals surface area contributed by atoms with Crippen molar-refractivity contribution in [3.8, 4) is 17.2 Å². The number of carbonyl (C=O) groups excluding carboxylic acids is 1. The third-order valence-corrected chi connectivity index (χ3v) is 3.82. The molecule has 0 fully saturated rings. The van der Waals surface area contributed by atoms with Crippen LogP contribution in [-0.2, 0) is 0 Å². The highest BCUT2D eigenvalue weighted by molar-refractivity contribution is 5.99. The number of hydrogen-bond donors (Lipinski definition) is 3. The van der Waals surface area contributed by atoms with Crippen molar-refractivity contribution in [1.82, 2.24) is 0 Å². The fourth-order valence-electron chi connectivity index (χ4n) is 2.59. The summed E-state index contributed by atoms with van der Waals surface area (Å²) in [6.45, 7) is 3.99. The van der Waals surface area contributed by atoms with E-state index in [-0.39, 0.29) is 5.75 Å². The number of urea groups is 1. The first-order valence-electron chi connectivity index (χ1n) is 8.22. The number of phenols is 1. The average Bonchev–Trinajstić information content (AvgIpc) is 2.58. The zero-order valence-corrected chi connectivity index (χ0v) is 14.6. The molecule has 3 rings (SSSR count). The van der Waals surface area contributed by atoms with Gasteiger partial charge in [-0.2, -0.15) is 0 Å². The molecule has 26 heavy (non-hydrogen) atoms. The summed E-state index contributed by atoms with van der Waals surface area (Å²) in [7, 11) is 0. The molecule has 0 aromatic heterocycles. The second kappa shape index (κ2) is 7.61. The number of aryl methyl sites for hydroxylation is 2. The minimum atomic E-state index is -0.403. The van der Waals surface area contributed by atoms with Gasteiger partial charge >= 0.3 is 6.03 Å². The van der Waals surface area contributed by atoms with E-state index in [4.69, 9.17) is 4.74 Å². The molecule has 0 aliphatic rings. The van der Waals surface area contributed by atoms with E-state index in [1.807, 2.05) is 44.2 Å². The van der Waals surface area contributed by atoms with Crippen LogP contribution in [-0.4, -0.2) is 11.1 Å². The summed E-state index contributed by atoms with van der Waals surface area (Å²) in [5, 5.41) is 14.9. The first-order chi connectivity index (χ1) is 12.5. The first kappa shape index (κ1) is 17.4. The fourth-order valence-corrected chi connectivity index (χ4v) is 2.59. The third-order valence-electron chi connectivity index (χ3n) is 3.82. The lowest BCUT2D eigenvalue weighted by molar-refractivity contribution is 0.262. The summed E-state index contributed by atoms with van der Waals surface area (Å²) in [5.74, 6) is 1.54. The fraction of sp³-hybridized carbons (Fsp3) is 0.0952. The molecular weight excluding hydrogens is 328 g/mol. The van der Waals surface area contributed by atoms with E-state index >= 15 is 0 Å². The lowest BCUT2D eigenvalue weighted by Crippen LogP contribution is -2.19. The molecule has 5 heteroatoms. The van der Waals surface area contributed by atoms with Gasteiger partial charge in [-0.1, -0.05) is 30.3 Å². The molecule has 0 aliphatic carbocycles. The number of para-hydroxylation sites is 1. The van der Waals surface area contributed by atoms with Gasteiger partial charge in [0.05, 0.1) is 0 Å². The number of nitrogens with one attached hydrogen (secondary N) is 2. The Balaban J connectivity index is 1.70. The third kappa shape index (κ3) is 4.33. The Labute approximate surface area is 152 Å². The van der Waals surface area contributed by atoms with Crippen LogP contribution < -0.4 is 15.4 Å². The van der Waals surface area contributed by atoms with Gasteiger partial charge in [-0.3, -0.25) is 0 Å². The Morgan fingerprint density at radius 3 is 2.08 bits per heavy atom. The predicted molar refractivity (Wildman–Crippen MR) is 103 cm³/mol. The van der Waals surface area contributed by atoms with Crippen LogP contribution in [0, 0.1) is 13.8 Å². The van der Waals surface area contributed by atoms with Gasteiger partial charge in [-0.05, 0) is 49.2 Å². The van der Waals surface area contributed by atoms with Crippen LogP contribution in [0.25, 0.3) is 0 Å². The molecule has 3 N–H and O–H groups in total.